The molecule has 0 bridgehead atoms. The van der Waals surface area contributed by atoms with E-state index in [1.807, 2.05) is 24.3 Å². The third-order valence-electron chi connectivity index (χ3n) is 3.72. The fourth-order valence-electron chi connectivity index (χ4n) is 2.30. The van der Waals surface area contributed by atoms with Crippen LogP contribution in [-0.2, 0) is 0 Å². The van der Waals surface area contributed by atoms with Crippen LogP contribution in [-0.4, -0.2) is 12.1 Å². The Morgan fingerprint density at radius 2 is 1.70 bits per heavy atom. The number of methoxy groups -OCH3 is 1. The second kappa shape index (κ2) is 6.84. The van der Waals surface area contributed by atoms with Gasteiger partial charge in [0, 0.05) is 16.6 Å². The Hall–Kier alpha value is -2.33. The van der Waals surface area contributed by atoms with E-state index in [4.69, 9.17) is 4.74 Å². The molecule has 0 fully saturated rings. The maximum atomic E-state index is 5.19. The van der Waals surface area contributed by atoms with Crippen LogP contribution in [0.5, 0.6) is 5.75 Å². The molecule has 3 nitrogen and oxygen atoms in total. The minimum atomic E-state index is 0.547. The minimum Gasteiger partial charge on any atom is -0.497 e. The lowest BCUT2D eigenvalue weighted by molar-refractivity contribution is 0.415. The van der Waals surface area contributed by atoms with Crippen LogP contribution in [0.4, 0.5) is 10.8 Å². The van der Waals surface area contributed by atoms with Crippen molar-refractivity contribution in [3.63, 3.8) is 0 Å². The summed E-state index contributed by atoms with van der Waals surface area (Å²) in [6.07, 6.45) is 0. The third-order valence-corrected chi connectivity index (χ3v) is 4.48. The van der Waals surface area contributed by atoms with Crippen LogP contribution >= 0.6 is 11.3 Å². The predicted molar refractivity (Wildman–Crippen MR) is 97.9 cm³/mol. The van der Waals surface area contributed by atoms with Crippen molar-refractivity contribution >= 4 is 22.2 Å². The van der Waals surface area contributed by atoms with Crippen molar-refractivity contribution in [2.24, 2.45) is 0 Å². The van der Waals surface area contributed by atoms with E-state index >= 15 is 0 Å². The summed E-state index contributed by atoms with van der Waals surface area (Å²) < 4.78 is 5.19. The van der Waals surface area contributed by atoms with Gasteiger partial charge in [0.05, 0.1) is 12.8 Å². The van der Waals surface area contributed by atoms with Crippen molar-refractivity contribution in [2.75, 3.05) is 12.4 Å². The molecule has 118 valence electrons. The summed E-state index contributed by atoms with van der Waals surface area (Å²) >= 11 is 1.61. The van der Waals surface area contributed by atoms with Gasteiger partial charge in [-0.05, 0) is 47.9 Å². The van der Waals surface area contributed by atoms with Crippen LogP contribution in [0.1, 0.15) is 25.3 Å². The molecule has 0 spiro atoms. The van der Waals surface area contributed by atoms with E-state index in [0.717, 1.165) is 27.8 Å². The van der Waals surface area contributed by atoms with Crippen molar-refractivity contribution in [1.82, 2.24) is 4.98 Å². The number of aromatic nitrogens is 1. The molecule has 0 radical (unpaired) electrons. The van der Waals surface area contributed by atoms with Gasteiger partial charge in [0.1, 0.15) is 5.75 Å². The average Bonchev–Trinajstić information content (AvgIpc) is 3.04. The highest BCUT2D eigenvalue weighted by Gasteiger charge is 2.06. The molecule has 0 saturated carbocycles. The summed E-state index contributed by atoms with van der Waals surface area (Å²) in [5, 5.41) is 6.32. The number of anilines is 2. The summed E-state index contributed by atoms with van der Waals surface area (Å²) in [6.45, 7) is 4.40. The van der Waals surface area contributed by atoms with Gasteiger partial charge in [0.15, 0.2) is 5.13 Å². The van der Waals surface area contributed by atoms with Crippen molar-refractivity contribution in [1.29, 1.82) is 0 Å². The fraction of sp³-hybridized carbons (Fsp3) is 0.211. The summed E-state index contributed by atoms with van der Waals surface area (Å²) in [5.74, 6) is 1.40. The monoisotopic (exact) mass is 324 g/mol. The van der Waals surface area contributed by atoms with Gasteiger partial charge < -0.3 is 10.1 Å². The van der Waals surface area contributed by atoms with Crippen LogP contribution < -0.4 is 10.1 Å². The van der Waals surface area contributed by atoms with Crippen LogP contribution in [0.3, 0.4) is 0 Å². The van der Waals surface area contributed by atoms with E-state index in [2.05, 4.69) is 53.8 Å². The number of ether oxygens (including phenoxy) is 1. The summed E-state index contributed by atoms with van der Waals surface area (Å²) in [4.78, 5) is 4.66. The zero-order valence-corrected chi connectivity index (χ0v) is 14.4. The molecule has 0 aliphatic rings. The highest BCUT2D eigenvalue weighted by atomic mass is 32.1. The number of hydrogen-bond donors (Lipinski definition) is 1. The van der Waals surface area contributed by atoms with Gasteiger partial charge in [-0.15, -0.1) is 11.3 Å². The number of rotatable bonds is 5. The normalized spacial score (nSPS) is 10.8. The number of thiazole rings is 1. The van der Waals surface area contributed by atoms with Gasteiger partial charge >= 0.3 is 0 Å². The SMILES string of the molecule is COc1ccc(-c2csc(Nc3ccc(C(C)C)cc3)n2)cc1. The molecule has 1 N–H and O–H groups in total. The number of benzene rings is 2. The van der Waals surface area contributed by atoms with Gasteiger partial charge in [0.2, 0.25) is 0 Å². The molecule has 0 saturated heterocycles. The Morgan fingerprint density at radius 3 is 2.30 bits per heavy atom. The highest BCUT2D eigenvalue weighted by Crippen LogP contribution is 2.28. The zero-order valence-electron chi connectivity index (χ0n) is 13.5. The van der Waals surface area contributed by atoms with Gasteiger partial charge in [-0.3, -0.25) is 0 Å². The second-order valence-electron chi connectivity index (χ2n) is 5.67. The summed E-state index contributed by atoms with van der Waals surface area (Å²) in [5.41, 5.74) is 4.46. The molecule has 0 atom stereocenters. The molecule has 1 heterocycles. The fourth-order valence-corrected chi connectivity index (χ4v) is 3.04. The average molecular weight is 324 g/mol. The zero-order chi connectivity index (χ0) is 16.2. The largest absolute Gasteiger partial charge is 0.497 e. The van der Waals surface area contributed by atoms with Crippen molar-refractivity contribution in [3.8, 4) is 17.0 Å². The van der Waals surface area contributed by atoms with Crippen LogP contribution in [0.15, 0.2) is 53.9 Å². The Kier molecular flexibility index (Phi) is 4.63. The molecule has 1 aromatic heterocycles. The van der Waals surface area contributed by atoms with Crippen molar-refractivity contribution < 1.29 is 4.74 Å². The third kappa shape index (κ3) is 3.71. The van der Waals surface area contributed by atoms with Gasteiger partial charge in [-0.2, -0.15) is 0 Å². The van der Waals surface area contributed by atoms with E-state index in [1.54, 1.807) is 18.4 Å². The topological polar surface area (TPSA) is 34.1 Å². The number of nitrogens with one attached hydrogen (secondary N) is 1. The van der Waals surface area contributed by atoms with E-state index < -0.39 is 0 Å². The minimum absolute atomic E-state index is 0.547. The molecule has 0 unspecified atom stereocenters. The highest BCUT2D eigenvalue weighted by molar-refractivity contribution is 7.14. The lowest BCUT2D eigenvalue weighted by atomic mass is 10.0. The smallest absolute Gasteiger partial charge is 0.187 e. The molecule has 3 rings (SSSR count). The lowest BCUT2D eigenvalue weighted by Crippen LogP contribution is -1.91. The molecule has 0 amide bonds. The molecular formula is C19H20N2OS. The van der Waals surface area contributed by atoms with Crippen LogP contribution in [0, 0.1) is 0 Å². The molecule has 2 aromatic carbocycles. The standard InChI is InChI=1S/C19H20N2OS/c1-13(2)14-4-8-16(9-5-14)20-19-21-18(12-23-19)15-6-10-17(22-3)11-7-15/h4-13H,1-3H3,(H,20,21). The first-order valence-corrected chi connectivity index (χ1v) is 8.50. The molecule has 4 heteroatoms. The van der Waals surface area contributed by atoms with Crippen LogP contribution in [0.2, 0.25) is 0 Å². The Balaban J connectivity index is 1.73. The lowest BCUT2D eigenvalue weighted by Gasteiger charge is -2.07. The molecule has 23 heavy (non-hydrogen) atoms. The Bertz CT molecular complexity index is 761. The quantitative estimate of drug-likeness (QED) is 0.655. The van der Waals surface area contributed by atoms with Gasteiger partial charge in [-0.25, -0.2) is 4.98 Å². The van der Waals surface area contributed by atoms with E-state index in [1.165, 1.54) is 5.56 Å². The summed E-state index contributed by atoms with van der Waals surface area (Å²) in [7, 11) is 1.67. The first-order chi connectivity index (χ1) is 11.2. The van der Waals surface area contributed by atoms with E-state index in [-0.39, 0.29) is 0 Å². The van der Waals surface area contributed by atoms with Crippen LogP contribution in [0.25, 0.3) is 11.3 Å². The first kappa shape index (κ1) is 15.6. The van der Waals surface area contributed by atoms with E-state index in [0.29, 0.717) is 5.92 Å². The maximum Gasteiger partial charge on any atom is 0.187 e. The summed E-state index contributed by atoms with van der Waals surface area (Å²) in [6, 6.07) is 16.5. The molecule has 0 aliphatic carbocycles. The number of nitrogens with zero attached hydrogens (tertiary/aromatic N) is 1. The second-order valence-corrected chi connectivity index (χ2v) is 6.53. The first-order valence-electron chi connectivity index (χ1n) is 7.62. The Labute approximate surface area is 141 Å². The molecule has 3 aromatic rings. The maximum absolute atomic E-state index is 5.19. The molecule has 0 aliphatic heterocycles. The van der Waals surface area contributed by atoms with Gasteiger partial charge in [-0.1, -0.05) is 26.0 Å². The number of hydrogen-bond acceptors (Lipinski definition) is 4. The van der Waals surface area contributed by atoms with Crippen molar-refractivity contribution in [2.45, 2.75) is 19.8 Å². The van der Waals surface area contributed by atoms with Gasteiger partial charge in [0.25, 0.3) is 0 Å². The predicted octanol–water partition coefficient (Wildman–Crippen LogP) is 5.69. The van der Waals surface area contributed by atoms with E-state index in [9.17, 15) is 0 Å². The molecular weight excluding hydrogens is 304 g/mol. The Morgan fingerprint density at radius 1 is 1.00 bits per heavy atom. The van der Waals surface area contributed by atoms with Crippen molar-refractivity contribution in [3.05, 3.63) is 59.5 Å².